The number of carbonyl (C=O) groups excluding carboxylic acids is 1. The van der Waals surface area contributed by atoms with Crippen LogP contribution in [0.3, 0.4) is 0 Å². The van der Waals surface area contributed by atoms with Gasteiger partial charge in [0.1, 0.15) is 5.54 Å². The molecule has 1 spiro atoms. The summed E-state index contributed by atoms with van der Waals surface area (Å²) in [5.41, 5.74) is -0.0199. The van der Waals surface area contributed by atoms with E-state index in [0.717, 1.165) is 5.56 Å². The maximum absolute atomic E-state index is 13.8. The van der Waals surface area contributed by atoms with Gasteiger partial charge in [0.15, 0.2) is 14.1 Å². The van der Waals surface area contributed by atoms with Crippen molar-refractivity contribution in [2.45, 2.75) is 92.9 Å². The highest BCUT2D eigenvalue weighted by Gasteiger charge is 2.59. The number of piperidine rings is 1. The first-order valence-corrected chi connectivity index (χ1v) is 15.9. The van der Waals surface area contributed by atoms with E-state index in [4.69, 9.17) is 4.43 Å². The van der Waals surface area contributed by atoms with Crippen molar-refractivity contribution < 1.29 is 17.6 Å². The molecular formula is C22H34BrNO4SSi. The highest BCUT2D eigenvalue weighted by atomic mass is 79.9. The number of Topliss-reactive ketones (excluding diaryl/α,β-unsaturated/α-hetero) is 1. The number of carbonyl (C=O) groups is 1. The van der Waals surface area contributed by atoms with Gasteiger partial charge in [0, 0.05) is 17.8 Å². The van der Waals surface area contributed by atoms with Gasteiger partial charge in [-0.3, -0.25) is 4.79 Å². The number of hydrogen-bond donors (Lipinski definition) is 0. The van der Waals surface area contributed by atoms with Gasteiger partial charge in [-0.2, -0.15) is 4.31 Å². The first-order valence-electron chi connectivity index (χ1n) is 10.7. The van der Waals surface area contributed by atoms with Crippen LogP contribution in [-0.2, 0) is 19.2 Å². The van der Waals surface area contributed by atoms with E-state index in [2.05, 4.69) is 49.8 Å². The fourth-order valence-corrected chi connectivity index (χ4v) is 8.79. The van der Waals surface area contributed by atoms with Gasteiger partial charge >= 0.3 is 0 Å². The summed E-state index contributed by atoms with van der Waals surface area (Å²) in [6, 6.07) is 6.88. The molecule has 168 valence electrons. The minimum absolute atomic E-state index is 0.0193. The van der Waals surface area contributed by atoms with Crippen molar-refractivity contribution in [3.63, 3.8) is 0 Å². The lowest BCUT2D eigenvalue weighted by atomic mass is 9.85. The molecule has 1 saturated heterocycles. The first kappa shape index (κ1) is 24.1. The van der Waals surface area contributed by atoms with E-state index in [0.29, 0.717) is 25.7 Å². The quantitative estimate of drug-likeness (QED) is 0.416. The zero-order chi connectivity index (χ0) is 22.5. The highest BCUT2D eigenvalue weighted by Crippen LogP contribution is 2.47. The molecule has 5 nitrogen and oxygen atoms in total. The molecule has 3 rings (SSSR count). The van der Waals surface area contributed by atoms with Gasteiger partial charge in [0.2, 0.25) is 10.0 Å². The van der Waals surface area contributed by atoms with Crippen molar-refractivity contribution in [3.8, 4) is 0 Å². The van der Waals surface area contributed by atoms with Gasteiger partial charge in [-0.05, 0) is 56.5 Å². The number of hydrogen-bond acceptors (Lipinski definition) is 4. The Labute approximate surface area is 190 Å². The highest BCUT2D eigenvalue weighted by molar-refractivity contribution is 9.09. The summed E-state index contributed by atoms with van der Waals surface area (Å²) >= 11 is 3.74. The van der Waals surface area contributed by atoms with E-state index in [1.54, 1.807) is 24.3 Å². The summed E-state index contributed by atoms with van der Waals surface area (Å²) in [5.74, 6) is 0.0193. The number of nitrogens with zero attached hydrogens (tertiary/aromatic N) is 1. The normalized spacial score (nSPS) is 29.0. The van der Waals surface area contributed by atoms with Crippen LogP contribution in [0.2, 0.25) is 18.1 Å². The zero-order valence-electron chi connectivity index (χ0n) is 18.9. The van der Waals surface area contributed by atoms with E-state index in [9.17, 15) is 13.2 Å². The Morgan fingerprint density at radius 1 is 1.20 bits per heavy atom. The molecular weight excluding hydrogens is 482 g/mol. The third-order valence-corrected chi connectivity index (χ3v) is 14.7. The van der Waals surface area contributed by atoms with E-state index in [1.165, 1.54) is 4.31 Å². The molecule has 1 aliphatic heterocycles. The summed E-state index contributed by atoms with van der Waals surface area (Å²) in [4.78, 5) is 13.1. The van der Waals surface area contributed by atoms with Crippen molar-refractivity contribution in [2.24, 2.45) is 0 Å². The lowest BCUT2D eigenvalue weighted by Gasteiger charge is -2.50. The molecule has 8 heteroatoms. The summed E-state index contributed by atoms with van der Waals surface area (Å²) < 4.78 is 35.6. The van der Waals surface area contributed by atoms with Gasteiger partial charge in [-0.25, -0.2) is 8.42 Å². The van der Waals surface area contributed by atoms with Gasteiger partial charge in [-0.15, -0.1) is 0 Å². The number of ketones is 1. The molecule has 2 fully saturated rings. The number of alkyl halides is 1. The molecule has 1 aromatic rings. The molecule has 1 aromatic carbocycles. The largest absolute Gasteiger partial charge is 0.413 e. The Morgan fingerprint density at radius 3 is 2.30 bits per heavy atom. The number of benzene rings is 1. The average Bonchev–Trinajstić information content (AvgIpc) is 2.99. The number of sulfonamides is 1. The maximum atomic E-state index is 13.8. The van der Waals surface area contributed by atoms with E-state index >= 15 is 0 Å². The molecule has 1 saturated carbocycles. The van der Waals surface area contributed by atoms with Crippen molar-refractivity contribution in [2.75, 3.05) is 6.54 Å². The standard InChI is InChI=1S/C22H34BrNO4SSi/c1-16-9-11-18(12-10-16)29(26,27)24-15-17(28-30(5,6)21(2,3)4)14-19(23)22(24)13-7-8-20(22)25/h9-12,17,19H,7-8,13-15H2,1-6H3/t17-,19-,22+/m0/s1. The minimum atomic E-state index is -3.84. The van der Waals surface area contributed by atoms with E-state index in [1.807, 2.05) is 6.92 Å². The molecule has 0 aromatic heterocycles. The average molecular weight is 517 g/mol. The predicted octanol–water partition coefficient (Wildman–Crippen LogP) is 5.04. The Bertz CT molecular complexity index is 910. The van der Waals surface area contributed by atoms with Crippen LogP contribution in [-0.4, -0.2) is 49.8 Å². The SMILES string of the molecule is Cc1ccc(S(=O)(=O)N2C[C@@H](O[Si](C)(C)C(C)(C)C)C[C@H](Br)[C@@]23CCCC3=O)cc1. The van der Waals surface area contributed by atoms with Crippen molar-refractivity contribution in [1.29, 1.82) is 0 Å². The molecule has 30 heavy (non-hydrogen) atoms. The second-order valence-corrected chi connectivity index (χ2v) is 18.0. The molecule has 0 unspecified atom stereocenters. The lowest BCUT2D eigenvalue weighted by Crippen LogP contribution is -2.66. The summed E-state index contributed by atoms with van der Waals surface area (Å²) in [6.07, 6.45) is 2.09. The molecule has 1 aliphatic carbocycles. The van der Waals surface area contributed by atoms with Crippen molar-refractivity contribution in [3.05, 3.63) is 29.8 Å². The smallest absolute Gasteiger partial charge is 0.244 e. The van der Waals surface area contributed by atoms with Crippen LogP contribution < -0.4 is 0 Å². The second kappa shape index (κ2) is 8.10. The number of rotatable bonds is 4. The predicted molar refractivity (Wildman–Crippen MR) is 126 cm³/mol. The Morgan fingerprint density at radius 2 is 1.80 bits per heavy atom. The third-order valence-electron chi connectivity index (χ3n) is 7.12. The number of halogens is 1. The molecule has 0 amide bonds. The summed E-state index contributed by atoms with van der Waals surface area (Å²) in [5, 5.41) is 0.0216. The van der Waals surface area contributed by atoms with Crippen LogP contribution in [0.1, 0.15) is 52.0 Å². The molecule has 3 atom stereocenters. The second-order valence-electron chi connectivity index (χ2n) is 10.3. The van der Waals surface area contributed by atoms with Crippen molar-refractivity contribution in [1.82, 2.24) is 4.31 Å². The third kappa shape index (κ3) is 4.10. The van der Waals surface area contributed by atoms with Crippen LogP contribution in [0.25, 0.3) is 0 Å². The van der Waals surface area contributed by atoms with Crippen LogP contribution in [0.4, 0.5) is 0 Å². The molecule has 0 N–H and O–H groups in total. The Kier molecular flexibility index (Phi) is 6.51. The minimum Gasteiger partial charge on any atom is -0.413 e. The van der Waals surface area contributed by atoms with Crippen LogP contribution >= 0.6 is 15.9 Å². The first-order chi connectivity index (χ1) is 13.7. The Hall–Kier alpha value is -0.543. The fraction of sp³-hybridized carbons (Fsp3) is 0.682. The van der Waals surface area contributed by atoms with Crippen LogP contribution in [0, 0.1) is 6.92 Å². The molecule has 1 heterocycles. The van der Waals surface area contributed by atoms with Crippen molar-refractivity contribution >= 4 is 40.1 Å². The molecule has 2 aliphatic rings. The van der Waals surface area contributed by atoms with E-state index in [-0.39, 0.29) is 33.2 Å². The van der Waals surface area contributed by atoms with Crippen LogP contribution in [0.5, 0.6) is 0 Å². The number of aryl methyl sites for hydroxylation is 1. The monoisotopic (exact) mass is 515 g/mol. The van der Waals surface area contributed by atoms with E-state index < -0.39 is 23.9 Å². The van der Waals surface area contributed by atoms with Gasteiger partial charge < -0.3 is 4.43 Å². The summed E-state index contributed by atoms with van der Waals surface area (Å²) in [7, 11) is -5.94. The van der Waals surface area contributed by atoms with Gasteiger partial charge in [0.05, 0.1) is 11.0 Å². The molecule has 0 bridgehead atoms. The zero-order valence-corrected chi connectivity index (χ0v) is 22.3. The Balaban J connectivity index is 2.03. The van der Waals surface area contributed by atoms with Gasteiger partial charge in [-0.1, -0.05) is 54.4 Å². The van der Waals surface area contributed by atoms with Crippen LogP contribution in [0.15, 0.2) is 29.2 Å². The summed E-state index contributed by atoms with van der Waals surface area (Å²) in [6.45, 7) is 13.0. The lowest BCUT2D eigenvalue weighted by molar-refractivity contribution is -0.127. The topological polar surface area (TPSA) is 63.7 Å². The maximum Gasteiger partial charge on any atom is 0.244 e. The molecule has 0 radical (unpaired) electrons. The fourth-order valence-electron chi connectivity index (χ4n) is 4.30. The van der Waals surface area contributed by atoms with Gasteiger partial charge in [0.25, 0.3) is 0 Å².